The molecular weight excluding hydrogens is 332 g/mol. The van der Waals surface area contributed by atoms with Crippen LogP contribution in [0.25, 0.3) is 0 Å². The molecule has 8 heavy (non-hydrogen) atoms. The Morgan fingerprint density at radius 1 is 1.88 bits per heavy atom. The number of alkyl halides is 1. The van der Waals surface area contributed by atoms with Gasteiger partial charge in [0.15, 0.2) is 0 Å². The van der Waals surface area contributed by atoms with Crippen LogP contribution in [0.1, 0.15) is 6.92 Å². The predicted molar refractivity (Wildman–Crippen MR) is 37.6 cm³/mol. The molecule has 0 saturated heterocycles. The van der Waals surface area contributed by atoms with Gasteiger partial charge in [-0.2, -0.15) is 0 Å². The molecule has 0 aliphatic rings. The Balaban J connectivity index is 3.06. The van der Waals surface area contributed by atoms with Gasteiger partial charge in [0.1, 0.15) is 0 Å². The predicted octanol–water partition coefficient (Wildman–Crippen LogP) is -2.44. The Kier molecular flexibility index (Phi) is 6.76. The van der Waals surface area contributed by atoms with Crippen molar-refractivity contribution in [2.45, 2.75) is 6.92 Å². The van der Waals surface area contributed by atoms with Gasteiger partial charge in [-0.25, -0.2) is 0 Å². The maximum absolute atomic E-state index is 10.6. The van der Waals surface area contributed by atoms with Gasteiger partial charge in [0, 0.05) is 0 Å². The van der Waals surface area contributed by atoms with Crippen molar-refractivity contribution in [3.63, 3.8) is 0 Å². The molecule has 0 saturated carbocycles. The van der Waals surface area contributed by atoms with Crippen LogP contribution >= 0.6 is 18.6 Å². The molecule has 0 aliphatic carbocycles. The van der Waals surface area contributed by atoms with Crippen LogP contribution < -0.4 is 22.5 Å². The molecule has 0 radical (unpaired) electrons. The van der Waals surface area contributed by atoms with Crippen molar-refractivity contribution in [2.24, 2.45) is 0 Å². The number of carbonyl (C=O) groups excluding carboxylic acids is 1. The number of carbonyl (C=O) groups is 1. The molecule has 50 valence electrons. The molecule has 2 nitrogen and oxygen atoms in total. The molecule has 4 heteroatoms. The SMILES string of the molecule is CCNC(=O)C[I-]I. The topological polar surface area (TPSA) is 29.1 Å². The Bertz CT molecular complexity index is 68.4. The van der Waals surface area contributed by atoms with Crippen molar-refractivity contribution in [2.75, 3.05) is 11.0 Å². The molecule has 0 aliphatic heterocycles. The van der Waals surface area contributed by atoms with Crippen LogP contribution in [0.2, 0.25) is 0 Å². The average molecular weight is 340 g/mol. The third kappa shape index (κ3) is 5.07. The zero-order chi connectivity index (χ0) is 6.41. The molecule has 0 atom stereocenters. The van der Waals surface area contributed by atoms with Gasteiger partial charge in [0.05, 0.1) is 0 Å². The van der Waals surface area contributed by atoms with Crippen LogP contribution in [0.3, 0.4) is 0 Å². The molecule has 0 fully saturated rings. The number of rotatable bonds is 3. The van der Waals surface area contributed by atoms with E-state index in [1.54, 1.807) is 0 Å². The first-order valence-electron chi connectivity index (χ1n) is 2.28. The summed E-state index contributed by atoms with van der Waals surface area (Å²) in [6, 6.07) is 0. The minimum absolute atomic E-state index is 0.113. The molecule has 0 aromatic heterocycles. The molecule has 0 heterocycles. The molecule has 0 aromatic carbocycles. The average Bonchev–Trinajstić information content (AvgIpc) is 1.68. The van der Waals surface area contributed by atoms with E-state index in [0.29, 0.717) is 0 Å². The van der Waals surface area contributed by atoms with Gasteiger partial charge in [0.2, 0.25) is 0 Å². The van der Waals surface area contributed by atoms with E-state index in [0.717, 1.165) is 11.0 Å². The fourth-order valence-electron chi connectivity index (χ4n) is 0.290. The van der Waals surface area contributed by atoms with Crippen molar-refractivity contribution in [3.05, 3.63) is 0 Å². The van der Waals surface area contributed by atoms with Crippen molar-refractivity contribution in [1.29, 1.82) is 0 Å². The van der Waals surface area contributed by atoms with E-state index in [9.17, 15) is 4.79 Å². The molecule has 1 amide bonds. The van der Waals surface area contributed by atoms with Gasteiger partial charge < -0.3 is 0 Å². The minimum atomic E-state index is 0.113. The summed E-state index contributed by atoms with van der Waals surface area (Å²) in [5.74, 6) is 0.203. The molecule has 0 spiro atoms. The third-order valence-electron chi connectivity index (χ3n) is 0.546. The van der Waals surface area contributed by atoms with Gasteiger partial charge in [-0.3, -0.25) is 0 Å². The zero-order valence-corrected chi connectivity index (χ0v) is 8.89. The summed E-state index contributed by atoms with van der Waals surface area (Å²) in [6.45, 7) is 2.70. The van der Waals surface area contributed by atoms with Crippen LogP contribution in [0, 0.1) is 0 Å². The van der Waals surface area contributed by atoms with Crippen LogP contribution in [0.15, 0.2) is 0 Å². The van der Waals surface area contributed by atoms with Gasteiger partial charge in [-0.05, 0) is 0 Å². The molecule has 1 N–H and O–H groups in total. The number of amides is 1. The van der Waals surface area contributed by atoms with E-state index in [2.05, 4.69) is 23.9 Å². The summed E-state index contributed by atoms with van der Waals surface area (Å²) in [4.78, 5) is 10.6. The van der Waals surface area contributed by atoms with Gasteiger partial charge in [0.25, 0.3) is 0 Å². The maximum atomic E-state index is 10.6. The van der Waals surface area contributed by atoms with Crippen LogP contribution in [-0.4, -0.2) is 16.9 Å². The second-order valence-corrected chi connectivity index (χ2v) is 6.40. The molecule has 0 unspecified atom stereocenters. The van der Waals surface area contributed by atoms with E-state index in [1.165, 1.54) is 0 Å². The van der Waals surface area contributed by atoms with E-state index < -0.39 is 0 Å². The van der Waals surface area contributed by atoms with Crippen molar-refractivity contribution in [1.82, 2.24) is 5.32 Å². The Hall–Kier alpha value is 0.930. The molecule has 0 rings (SSSR count). The number of nitrogens with one attached hydrogen (secondary N) is 1. The van der Waals surface area contributed by atoms with Crippen molar-refractivity contribution < 1.29 is 22.0 Å². The summed E-state index contributed by atoms with van der Waals surface area (Å²) in [7, 11) is 0. The third-order valence-corrected chi connectivity index (χ3v) is 3.46. The molecule has 0 bridgehead atoms. The van der Waals surface area contributed by atoms with Crippen LogP contribution in [0.5, 0.6) is 0 Å². The van der Waals surface area contributed by atoms with Crippen molar-refractivity contribution in [3.8, 4) is 0 Å². The molecular formula is C4H8I2NO-. The van der Waals surface area contributed by atoms with Crippen molar-refractivity contribution >= 4 is 24.5 Å². The summed E-state index contributed by atoms with van der Waals surface area (Å²) < 4.78 is 0.757. The Morgan fingerprint density at radius 3 is 2.88 bits per heavy atom. The fraction of sp³-hybridized carbons (Fsp3) is 0.750. The Morgan fingerprint density at radius 2 is 2.50 bits per heavy atom. The number of hydrogen-bond donors (Lipinski definition) is 1. The standard InChI is InChI=1S/C4H8I2NO/c1-2-7-4(8)3-6-5/h2-3H2,1H3,(H,7,8)/q-1. The monoisotopic (exact) mass is 340 g/mol. The first-order chi connectivity index (χ1) is 3.81. The molecule has 0 aromatic rings. The first kappa shape index (κ1) is 8.93. The summed E-state index contributed by atoms with van der Waals surface area (Å²) >= 11 is 2.40. The second kappa shape index (κ2) is 6.06. The first-order valence-corrected chi connectivity index (χ1v) is 10.1. The van der Waals surface area contributed by atoms with E-state index in [4.69, 9.17) is 0 Å². The quantitative estimate of drug-likeness (QED) is 0.449. The van der Waals surface area contributed by atoms with Crippen LogP contribution in [-0.2, 0) is 4.79 Å². The summed E-state index contributed by atoms with van der Waals surface area (Å²) in [5.41, 5.74) is 0. The van der Waals surface area contributed by atoms with E-state index in [-0.39, 0.29) is 23.1 Å². The normalized spacial score (nSPS) is 9.25. The number of hydrogen-bond acceptors (Lipinski definition) is 1. The Labute approximate surface area is 69.2 Å². The summed E-state index contributed by atoms with van der Waals surface area (Å²) in [6.07, 6.45) is 0. The van der Waals surface area contributed by atoms with Gasteiger partial charge in [-0.15, -0.1) is 0 Å². The fourth-order valence-corrected chi connectivity index (χ4v) is 2.58. The second-order valence-electron chi connectivity index (χ2n) is 1.19. The van der Waals surface area contributed by atoms with Crippen LogP contribution in [0.4, 0.5) is 0 Å². The van der Waals surface area contributed by atoms with E-state index in [1.807, 2.05) is 6.92 Å². The zero-order valence-electron chi connectivity index (χ0n) is 4.58. The van der Waals surface area contributed by atoms with Gasteiger partial charge in [-0.1, -0.05) is 0 Å². The van der Waals surface area contributed by atoms with Gasteiger partial charge >= 0.3 is 69.8 Å². The summed E-state index contributed by atoms with van der Waals surface area (Å²) in [5, 5.41) is 2.73. The van der Waals surface area contributed by atoms with E-state index >= 15 is 0 Å². The number of halogens is 2.